The van der Waals surface area contributed by atoms with Crippen LogP contribution in [0.3, 0.4) is 0 Å². The third-order valence-electron chi connectivity index (χ3n) is 6.54. The standard InChI is InChI=1S/C24H33N3O3/c28-23(9-8-20-5-2-1-3-6-20)26-12-10-21(11-13-26)24(29)27-16-14-25(15-17-27)19-22-7-4-18-30-22/h1-3,5-6,8-9,21-22H,4,7,10-19H2/b9-8+. The number of carbonyl (C=O) groups excluding carboxylic acids is 2. The minimum atomic E-state index is 0.0347. The number of ether oxygens (including phenoxy) is 1. The Morgan fingerprint density at radius 2 is 1.67 bits per heavy atom. The lowest BCUT2D eigenvalue weighted by atomic mass is 9.95. The number of carbonyl (C=O) groups is 2. The highest BCUT2D eigenvalue weighted by atomic mass is 16.5. The van der Waals surface area contributed by atoms with Crippen molar-refractivity contribution in [2.45, 2.75) is 31.8 Å². The van der Waals surface area contributed by atoms with Crippen LogP contribution in [-0.2, 0) is 14.3 Å². The van der Waals surface area contributed by atoms with Crippen LogP contribution in [0.4, 0.5) is 0 Å². The molecular formula is C24H33N3O3. The van der Waals surface area contributed by atoms with Gasteiger partial charge < -0.3 is 14.5 Å². The van der Waals surface area contributed by atoms with Gasteiger partial charge in [-0.15, -0.1) is 0 Å². The first-order chi connectivity index (χ1) is 14.7. The Morgan fingerprint density at radius 3 is 2.33 bits per heavy atom. The summed E-state index contributed by atoms with van der Waals surface area (Å²) in [6.45, 7) is 6.71. The van der Waals surface area contributed by atoms with E-state index in [1.54, 1.807) is 6.08 Å². The van der Waals surface area contributed by atoms with Crippen LogP contribution in [0.15, 0.2) is 36.4 Å². The summed E-state index contributed by atoms with van der Waals surface area (Å²) in [6, 6.07) is 9.85. The van der Waals surface area contributed by atoms with Gasteiger partial charge in [0.15, 0.2) is 0 Å². The molecule has 1 aromatic carbocycles. The van der Waals surface area contributed by atoms with Crippen LogP contribution in [-0.4, -0.2) is 85.0 Å². The number of benzene rings is 1. The second-order valence-corrected chi connectivity index (χ2v) is 8.60. The van der Waals surface area contributed by atoms with E-state index in [9.17, 15) is 9.59 Å². The van der Waals surface area contributed by atoms with E-state index in [1.807, 2.05) is 46.2 Å². The molecule has 4 rings (SSSR count). The van der Waals surface area contributed by atoms with Gasteiger partial charge in [-0.2, -0.15) is 0 Å². The fourth-order valence-corrected chi connectivity index (χ4v) is 4.67. The summed E-state index contributed by atoms with van der Waals surface area (Å²) in [4.78, 5) is 31.7. The maximum atomic E-state index is 13.0. The molecule has 6 nitrogen and oxygen atoms in total. The first-order valence-corrected chi connectivity index (χ1v) is 11.3. The number of nitrogens with zero attached hydrogens (tertiary/aromatic N) is 3. The van der Waals surface area contributed by atoms with Crippen LogP contribution in [0.5, 0.6) is 0 Å². The highest BCUT2D eigenvalue weighted by Gasteiger charge is 2.32. The topological polar surface area (TPSA) is 53.1 Å². The minimum absolute atomic E-state index is 0.0347. The first-order valence-electron chi connectivity index (χ1n) is 11.3. The average Bonchev–Trinajstić information content (AvgIpc) is 3.31. The van der Waals surface area contributed by atoms with Crippen molar-refractivity contribution >= 4 is 17.9 Å². The van der Waals surface area contributed by atoms with E-state index in [2.05, 4.69) is 4.90 Å². The van der Waals surface area contributed by atoms with E-state index in [1.165, 1.54) is 6.42 Å². The molecule has 3 aliphatic heterocycles. The molecule has 0 aliphatic carbocycles. The molecule has 3 fully saturated rings. The minimum Gasteiger partial charge on any atom is -0.377 e. The quantitative estimate of drug-likeness (QED) is 0.698. The molecule has 30 heavy (non-hydrogen) atoms. The van der Waals surface area contributed by atoms with Gasteiger partial charge in [-0.1, -0.05) is 30.3 Å². The van der Waals surface area contributed by atoms with Crippen LogP contribution in [0.2, 0.25) is 0 Å². The Labute approximate surface area is 179 Å². The highest BCUT2D eigenvalue weighted by Crippen LogP contribution is 2.21. The van der Waals surface area contributed by atoms with Gasteiger partial charge >= 0.3 is 0 Å². The van der Waals surface area contributed by atoms with Crippen molar-refractivity contribution in [3.8, 4) is 0 Å². The molecule has 2 amide bonds. The zero-order valence-electron chi connectivity index (χ0n) is 17.7. The van der Waals surface area contributed by atoms with Crippen molar-refractivity contribution in [2.24, 2.45) is 5.92 Å². The predicted molar refractivity (Wildman–Crippen MR) is 117 cm³/mol. The number of likely N-dealkylation sites (tertiary alicyclic amines) is 1. The van der Waals surface area contributed by atoms with Gasteiger partial charge in [0.2, 0.25) is 11.8 Å². The molecule has 1 aromatic rings. The third kappa shape index (κ3) is 5.49. The summed E-state index contributed by atoms with van der Waals surface area (Å²) in [5.41, 5.74) is 1.02. The molecule has 3 heterocycles. The average molecular weight is 412 g/mol. The number of rotatable bonds is 5. The normalized spacial score (nSPS) is 23.9. The Balaban J connectivity index is 1.19. The Kier molecular flexibility index (Phi) is 7.18. The number of hydrogen-bond donors (Lipinski definition) is 0. The maximum absolute atomic E-state index is 13.0. The van der Waals surface area contributed by atoms with E-state index in [0.717, 1.165) is 64.2 Å². The van der Waals surface area contributed by atoms with Crippen LogP contribution in [0.1, 0.15) is 31.2 Å². The Bertz CT molecular complexity index is 729. The Hall–Kier alpha value is -2.18. The van der Waals surface area contributed by atoms with Crippen molar-refractivity contribution in [1.29, 1.82) is 0 Å². The second-order valence-electron chi connectivity index (χ2n) is 8.60. The first kappa shape index (κ1) is 21.1. The predicted octanol–water partition coefficient (Wildman–Crippen LogP) is 2.26. The van der Waals surface area contributed by atoms with Crippen molar-refractivity contribution in [3.63, 3.8) is 0 Å². The van der Waals surface area contributed by atoms with Crippen molar-refractivity contribution < 1.29 is 14.3 Å². The van der Waals surface area contributed by atoms with E-state index in [0.29, 0.717) is 19.2 Å². The van der Waals surface area contributed by atoms with E-state index in [4.69, 9.17) is 4.74 Å². The third-order valence-corrected chi connectivity index (χ3v) is 6.54. The molecule has 0 N–H and O–H groups in total. The van der Waals surface area contributed by atoms with Gasteiger partial charge in [-0.25, -0.2) is 0 Å². The molecule has 6 heteroatoms. The van der Waals surface area contributed by atoms with Crippen molar-refractivity contribution in [3.05, 3.63) is 42.0 Å². The smallest absolute Gasteiger partial charge is 0.246 e. The molecular weight excluding hydrogens is 378 g/mol. The SMILES string of the molecule is O=C(/C=C/c1ccccc1)N1CCC(C(=O)N2CCN(CC3CCCO3)CC2)CC1. The molecule has 0 aromatic heterocycles. The van der Waals surface area contributed by atoms with Crippen LogP contribution >= 0.6 is 0 Å². The van der Waals surface area contributed by atoms with Gasteiger partial charge in [0, 0.05) is 64.4 Å². The molecule has 0 radical (unpaired) electrons. The van der Waals surface area contributed by atoms with Crippen molar-refractivity contribution in [1.82, 2.24) is 14.7 Å². The molecule has 162 valence electrons. The van der Waals surface area contributed by atoms with Crippen LogP contribution < -0.4 is 0 Å². The van der Waals surface area contributed by atoms with E-state index < -0.39 is 0 Å². The zero-order valence-corrected chi connectivity index (χ0v) is 17.7. The zero-order chi connectivity index (χ0) is 20.8. The lowest BCUT2D eigenvalue weighted by Crippen LogP contribution is -2.52. The van der Waals surface area contributed by atoms with Crippen molar-refractivity contribution in [2.75, 3.05) is 52.4 Å². The van der Waals surface area contributed by atoms with E-state index >= 15 is 0 Å². The largest absolute Gasteiger partial charge is 0.377 e. The lowest BCUT2D eigenvalue weighted by Gasteiger charge is -2.39. The van der Waals surface area contributed by atoms with E-state index in [-0.39, 0.29) is 17.7 Å². The molecule has 0 bridgehead atoms. The van der Waals surface area contributed by atoms with Crippen LogP contribution in [0.25, 0.3) is 6.08 Å². The fraction of sp³-hybridized carbons (Fsp3) is 0.583. The van der Waals surface area contributed by atoms with Gasteiger partial charge in [0.25, 0.3) is 0 Å². The number of piperidine rings is 1. The fourth-order valence-electron chi connectivity index (χ4n) is 4.67. The van der Waals surface area contributed by atoms with Gasteiger partial charge in [0.05, 0.1) is 6.10 Å². The summed E-state index contributed by atoms with van der Waals surface area (Å²) >= 11 is 0. The van der Waals surface area contributed by atoms with Gasteiger partial charge in [-0.3, -0.25) is 14.5 Å². The molecule has 1 unspecified atom stereocenters. The highest BCUT2D eigenvalue weighted by molar-refractivity contribution is 5.92. The van der Waals surface area contributed by atoms with Crippen LogP contribution in [0, 0.1) is 5.92 Å². The molecule has 0 saturated carbocycles. The maximum Gasteiger partial charge on any atom is 0.246 e. The molecule has 3 aliphatic rings. The molecule has 3 saturated heterocycles. The Morgan fingerprint density at radius 1 is 0.933 bits per heavy atom. The monoisotopic (exact) mass is 411 g/mol. The molecule has 0 spiro atoms. The number of piperazine rings is 1. The van der Waals surface area contributed by atoms with Gasteiger partial charge in [0.1, 0.15) is 0 Å². The summed E-state index contributed by atoms with van der Waals surface area (Å²) < 4.78 is 5.74. The second kappa shape index (κ2) is 10.2. The molecule has 1 atom stereocenters. The summed E-state index contributed by atoms with van der Waals surface area (Å²) in [7, 11) is 0. The number of amides is 2. The lowest BCUT2D eigenvalue weighted by molar-refractivity contribution is -0.141. The summed E-state index contributed by atoms with van der Waals surface area (Å²) in [6.07, 6.45) is 7.74. The summed E-state index contributed by atoms with van der Waals surface area (Å²) in [5.74, 6) is 0.364. The van der Waals surface area contributed by atoms with Gasteiger partial charge in [-0.05, 0) is 37.3 Å². The number of hydrogen-bond acceptors (Lipinski definition) is 4. The summed E-state index contributed by atoms with van der Waals surface area (Å²) in [5, 5.41) is 0.